The van der Waals surface area contributed by atoms with E-state index in [1.165, 1.54) is 22.5 Å². The van der Waals surface area contributed by atoms with Crippen molar-refractivity contribution in [2.24, 2.45) is 0 Å². The van der Waals surface area contributed by atoms with E-state index in [1.54, 1.807) is 0 Å². The molecular weight excluding hydrogens is 492 g/mol. The fraction of sp³-hybridized carbons (Fsp3) is 0.185. The number of anilines is 1. The van der Waals surface area contributed by atoms with Crippen LogP contribution in [0.15, 0.2) is 83.5 Å². The minimum Gasteiger partial charge on any atom is -0.351 e. The number of halogens is 1. The summed E-state index contributed by atoms with van der Waals surface area (Å²) in [5, 5.41) is 4.28. The molecule has 3 heterocycles. The topological polar surface area (TPSA) is 33.1 Å². The van der Waals surface area contributed by atoms with Crippen molar-refractivity contribution < 1.29 is 0 Å². The Morgan fingerprint density at radius 2 is 1.67 bits per heavy atom. The molecule has 4 aromatic rings. The molecule has 1 N–H and O–H groups in total. The third kappa shape index (κ3) is 3.87. The molecule has 1 aliphatic heterocycles. The fourth-order valence-electron chi connectivity index (χ4n) is 4.79. The SMILES string of the molecule is Cc1cc(N2C(=S)N[C@H](c3ccccn3)[C@H]2c2cc(C)n(-c3ccccc3)c2C)ccc1Br. The summed E-state index contributed by atoms with van der Waals surface area (Å²) in [6.07, 6.45) is 1.84. The number of rotatable bonds is 4. The third-order valence-corrected chi connectivity index (χ3v) is 7.53. The number of aromatic nitrogens is 2. The molecule has 5 rings (SSSR count). The minimum absolute atomic E-state index is 0.0309. The standard InChI is InChI=1S/C27H25BrN4S/c1-17-15-21(12-13-23(17)28)32-26(25(30-27(32)33)24-11-7-8-14-29-24)22-16-18(2)31(19(22)3)20-9-5-4-6-10-20/h4-16,25-26H,1-3H3,(H,30,33)/t25-,26-/m1/s1. The predicted molar refractivity (Wildman–Crippen MR) is 142 cm³/mol. The smallest absolute Gasteiger partial charge is 0.174 e. The van der Waals surface area contributed by atoms with Gasteiger partial charge in [-0.25, -0.2) is 0 Å². The zero-order valence-corrected chi connectivity index (χ0v) is 21.2. The summed E-state index contributed by atoms with van der Waals surface area (Å²) in [5.74, 6) is 0. The second kappa shape index (κ2) is 8.76. The highest BCUT2D eigenvalue weighted by molar-refractivity contribution is 9.10. The van der Waals surface area contributed by atoms with Gasteiger partial charge in [-0.15, -0.1) is 0 Å². The largest absolute Gasteiger partial charge is 0.351 e. The number of thiocarbonyl (C=S) groups is 1. The molecule has 0 bridgehead atoms. The maximum atomic E-state index is 5.90. The minimum atomic E-state index is -0.0626. The summed E-state index contributed by atoms with van der Waals surface area (Å²) in [4.78, 5) is 6.93. The van der Waals surface area contributed by atoms with Crippen molar-refractivity contribution in [1.29, 1.82) is 0 Å². The maximum absolute atomic E-state index is 5.90. The van der Waals surface area contributed by atoms with Gasteiger partial charge in [0.05, 0.1) is 17.8 Å². The van der Waals surface area contributed by atoms with Crippen molar-refractivity contribution in [2.75, 3.05) is 4.90 Å². The van der Waals surface area contributed by atoms with Crippen molar-refractivity contribution in [3.8, 4) is 5.69 Å². The summed E-state index contributed by atoms with van der Waals surface area (Å²) in [7, 11) is 0. The van der Waals surface area contributed by atoms with E-state index in [9.17, 15) is 0 Å². The zero-order chi connectivity index (χ0) is 23.1. The Labute approximate surface area is 208 Å². The lowest BCUT2D eigenvalue weighted by Gasteiger charge is -2.28. The Hall–Kier alpha value is -2.96. The summed E-state index contributed by atoms with van der Waals surface area (Å²) in [5.41, 5.74) is 8.01. The molecule has 166 valence electrons. The Balaban J connectivity index is 1.69. The summed E-state index contributed by atoms with van der Waals surface area (Å²) >= 11 is 9.53. The van der Waals surface area contributed by atoms with Crippen molar-refractivity contribution >= 4 is 38.9 Å². The van der Waals surface area contributed by atoms with Gasteiger partial charge in [-0.3, -0.25) is 4.98 Å². The lowest BCUT2D eigenvalue weighted by molar-refractivity contribution is 0.565. The molecule has 2 aromatic heterocycles. The number of hydrogen-bond acceptors (Lipinski definition) is 2. The van der Waals surface area contributed by atoms with E-state index in [0.29, 0.717) is 5.11 Å². The van der Waals surface area contributed by atoms with Crippen LogP contribution in [-0.2, 0) is 0 Å². The van der Waals surface area contributed by atoms with Gasteiger partial charge >= 0.3 is 0 Å². The van der Waals surface area contributed by atoms with Gasteiger partial charge in [0, 0.05) is 33.4 Å². The Bertz CT molecular complexity index is 1320. The molecule has 6 heteroatoms. The van der Waals surface area contributed by atoms with Crippen molar-refractivity contribution in [2.45, 2.75) is 32.9 Å². The molecule has 0 radical (unpaired) electrons. The van der Waals surface area contributed by atoms with Crippen LogP contribution in [0.5, 0.6) is 0 Å². The second-order valence-electron chi connectivity index (χ2n) is 8.43. The van der Waals surface area contributed by atoms with Crippen LogP contribution in [0.1, 0.15) is 40.3 Å². The zero-order valence-electron chi connectivity index (χ0n) is 18.8. The van der Waals surface area contributed by atoms with Gasteiger partial charge in [-0.1, -0.05) is 40.2 Å². The van der Waals surface area contributed by atoms with Crippen LogP contribution in [0.2, 0.25) is 0 Å². The number of benzene rings is 2. The third-order valence-electron chi connectivity index (χ3n) is 6.32. The van der Waals surface area contributed by atoms with E-state index in [1.807, 2.05) is 24.4 Å². The van der Waals surface area contributed by atoms with Gasteiger partial charge < -0.3 is 14.8 Å². The first-order valence-electron chi connectivity index (χ1n) is 11.0. The van der Waals surface area contributed by atoms with E-state index in [2.05, 4.69) is 111 Å². The summed E-state index contributed by atoms with van der Waals surface area (Å²) < 4.78 is 3.40. The molecule has 0 amide bonds. The van der Waals surface area contributed by atoms with E-state index in [4.69, 9.17) is 12.2 Å². The number of nitrogens with zero attached hydrogens (tertiary/aromatic N) is 3. The average Bonchev–Trinajstić information content (AvgIpc) is 3.32. The average molecular weight is 517 g/mol. The highest BCUT2D eigenvalue weighted by Gasteiger charge is 2.42. The van der Waals surface area contributed by atoms with Crippen LogP contribution in [-0.4, -0.2) is 14.7 Å². The molecule has 2 aromatic carbocycles. The molecule has 0 aliphatic carbocycles. The van der Waals surface area contributed by atoms with Crippen LogP contribution in [0.25, 0.3) is 5.69 Å². The molecule has 2 atom stereocenters. The van der Waals surface area contributed by atoms with Crippen molar-refractivity contribution in [3.63, 3.8) is 0 Å². The molecule has 0 spiro atoms. The van der Waals surface area contributed by atoms with Crippen LogP contribution < -0.4 is 10.2 Å². The van der Waals surface area contributed by atoms with Crippen molar-refractivity contribution in [1.82, 2.24) is 14.9 Å². The molecule has 0 unspecified atom stereocenters. The molecule has 1 saturated heterocycles. The van der Waals surface area contributed by atoms with Crippen LogP contribution in [0.4, 0.5) is 5.69 Å². The van der Waals surface area contributed by atoms with Crippen LogP contribution in [0, 0.1) is 20.8 Å². The van der Waals surface area contributed by atoms with Gasteiger partial charge in [0.2, 0.25) is 0 Å². The summed E-state index contributed by atoms with van der Waals surface area (Å²) in [6, 6.07) is 25.1. The predicted octanol–water partition coefficient (Wildman–Crippen LogP) is 6.74. The normalized spacial score (nSPS) is 17.9. The number of pyridine rings is 1. The van der Waals surface area contributed by atoms with Crippen LogP contribution in [0.3, 0.4) is 0 Å². The van der Waals surface area contributed by atoms with Crippen molar-refractivity contribution in [3.05, 3.63) is 112 Å². The first-order chi connectivity index (χ1) is 16.0. The van der Waals surface area contributed by atoms with E-state index < -0.39 is 0 Å². The molecule has 0 saturated carbocycles. The molecule has 4 nitrogen and oxygen atoms in total. The molecule has 1 fully saturated rings. The maximum Gasteiger partial charge on any atom is 0.174 e. The number of aryl methyl sites for hydroxylation is 2. The number of hydrogen-bond donors (Lipinski definition) is 1. The van der Waals surface area contributed by atoms with Gasteiger partial charge in [0.25, 0.3) is 0 Å². The highest BCUT2D eigenvalue weighted by atomic mass is 79.9. The molecule has 33 heavy (non-hydrogen) atoms. The van der Waals surface area contributed by atoms with Gasteiger partial charge in [0.15, 0.2) is 5.11 Å². The Kier molecular flexibility index (Phi) is 5.81. The monoisotopic (exact) mass is 516 g/mol. The number of para-hydroxylation sites is 1. The highest BCUT2D eigenvalue weighted by Crippen LogP contribution is 2.44. The van der Waals surface area contributed by atoms with E-state index in [-0.39, 0.29) is 12.1 Å². The first kappa shape index (κ1) is 21.9. The Morgan fingerprint density at radius 3 is 2.36 bits per heavy atom. The fourth-order valence-corrected chi connectivity index (χ4v) is 5.38. The quantitative estimate of drug-likeness (QED) is 0.304. The molecular formula is C27H25BrN4S. The lowest BCUT2D eigenvalue weighted by Crippen LogP contribution is -2.29. The first-order valence-corrected chi connectivity index (χ1v) is 12.2. The van der Waals surface area contributed by atoms with Gasteiger partial charge in [0.1, 0.15) is 0 Å². The number of nitrogens with one attached hydrogen (secondary N) is 1. The van der Waals surface area contributed by atoms with Crippen LogP contribution >= 0.6 is 28.1 Å². The Morgan fingerprint density at radius 1 is 0.909 bits per heavy atom. The molecule has 1 aliphatic rings. The lowest BCUT2D eigenvalue weighted by atomic mass is 9.96. The van der Waals surface area contributed by atoms with E-state index >= 15 is 0 Å². The van der Waals surface area contributed by atoms with Gasteiger partial charge in [-0.05, 0) is 92.6 Å². The second-order valence-corrected chi connectivity index (χ2v) is 9.67. The van der Waals surface area contributed by atoms with E-state index in [0.717, 1.165) is 21.5 Å². The van der Waals surface area contributed by atoms with Gasteiger partial charge in [-0.2, -0.15) is 0 Å². The summed E-state index contributed by atoms with van der Waals surface area (Å²) in [6.45, 7) is 6.46.